The van der Waals surface area contributed by atoms with Crippen molar-refractivity contribution in [2.75, 3.05) is 13.2 Å². The van der Waals surface area contributed by atoms with Gasteiger partial charge in [-0.25, -0.2) is 13.1 Å². The number of sulfonamides is 1. The minimum Gasteiger partial charge on any atom is -0.457 e. The van der Waals surface area contributed by atoms with E-state index in [0.29, 0.717) is 11.6 Å². The van der Waals surface area contributed by atoms with Gasteiger partial charge in [-0.2, -0.15) is 0 Å². The summed E-state index contributed by atoms with van der Waals surface area (Å²) in [6.45, 7) is 6.34. The zero-order valence-electron chi connectivity index (χ0n) is 16.9. The second kappa shape index (κ2) is 8.11. The molecule has 29 heavy (non-hydrogen) atoms. The topological polar surface area (TPSA) is 121 Å². The molecule has 1 fully saturated rings. The van der Waals surface area contributed by atoms with Gasteiger partial charge in [-0.15, -0.1) is 0 Å². The van der Waals surface area contributed by atoms with E-state index in [1.54, 1.807) is 0 Å². The molecular formula is C19H25N3O6S. The van der Waals surface area contributed by atoms with E-state index < -0.39 is 16.0 Å². The third-order valence-corrected chi connectivity index (χ3v) is 6.62. The lowest BCUT2D eigenvalue weighted by atomic mass is 10.1. The van der Waals surface area contributed by atoms with Gasteiger partial charge < -0.3 is 13.8 Å². The summed E-state index contributed by atoms with van der Waals surface area (Å²) in [5.41, 5.74) is 2.71. The lowest BCUT2D eigenvalue weighted by Gasteiger charge is -2.08. The zero-order chi connectivity index (χ0) is 21.3. The van der Waals surface area contributed by atoms with Gasteiger partial charge in [-0.1, -0.05) is 5.16 Å². The SMILES string of the molecule is Cc1noc(C)c1S(=O)(=O)NCCC(=O)OCC(=O)c1cc(C)n(C2CC2)c1C. The fourth-order valence-corrected chi connectivity index (χ4v) is 4.82. The number of aromatic nitrogens is 2. The molecule has 1 aliphatic carbocycles. The maximum absolute atomic E-state index is 12.4. The van der Waals surface area contributed by atoms with Crippen LogP contribution in [0.5, 0.6) is 0 Å². The highest BCUT2D eigenvalue weighted by molar-refractivity contribution is 7.89. The number of Topliss-reactive ketones (excluding diaryl/α,β-unsaturated/α-hetero) is 1. The Morgan fingerprint density at radius 2 is 1.97 bits per heavy atom. The van der Waals surface area contributed by atoms with Gasteiger partial charge >= 0.3 is 5.97 Å². The summed E-state index contributed by atoms with van der Waals surface area (Å²) in [5.74, 6) is -0.752. The van der Waals surface area contributed by atoms with Gasteiger partial charge in [0.25, 0.3) is 0 Å². The third-order valence-electron chi connectivity index (χ3n) is 4.92. The first kappa shape index (κ1) is 21.3. The van der Waals surface area contributed by atoms with Crippen molar-refractivity contribution in [3.05, 3.63) is 34.5 Å². The van der Waals surface area contributed by atoms with Gasteiger partial charge in [0.15, 0.2) is 12.4 Å². The van der Waals surface area contributed by atoms with Crippen LogP contribution in [0, 0.1) is 27.7 Å². The van der Waals surface area contributed by atoms with Gasteiger partial charge in [-0.3, -0.25) is 9.59 Å². The number of hydrogen-bond donors (Lipinski definition) is 1. The highest BCUT2D eigenvalue weighted by atomic mass is 32.2. The van der Waals surface area contributed by atoms with E-state index >= 15 is 0 Å². The van der Waals surface area contributed by atoms with Crippen molar-refractivity contribution in [3.8, 4) is 0 Å². The number of rotatable bonds is 9. The Balaban J connectivity index is 1.49. The molecule has 0 bridgehead atoms. The molecule has 0 aliphatic heterocycles. The number of ketones is 1. The van der Waals surface area contributed by atoms with Crippen LogP contribution in [0.2, 0.25) is 0 Å². The number of ether oxygens (including phenoxy) is 1. The number of nitrogens with zero attached hydrogens (tertiary/aromatic N) is 2. The van der Waals surface area contributed by atoms with Crippen molar-refractivity contribution in [1.29, 1.82) is 0 Å². The molecule has 3 rings (SSSR count). The van der Waals surface area contributed by atoms with E-state index in [0.717, 1.165) is 24.2 Å². The Morgan fingerprint density at radius 1 is 1.28 bits per heavy atom. The van der Waals surface area contributed by atoms with Gasteiger partial charge in [0.05, 0.1) is 6.42 Å². The highest BCUT2D eigenvalue weighted by Gasteiger charge is 2.28. The Morgan fingerprint density at radius 3 is 2.55 bits per heavy atom. The first-order chi connectivity index (χ1) is 13.6. The first-order valence-electron chi connectivity index (χ1n) is 9.41. The normalized spacial score (nSPS) is 14.2. The van der Waals surface area contributed by atoms with Crippen LogP contribution in [0.1, 0.15) is 58.5 Å². The molecule has 2 aromatic rings. The monoisotopic (exact) mass is 423 g/mol. The molecular weight excluding hydrogens is 398 g/mol. The molecule has 0 radical (unpaired) electrons. The molecule has 2 aromatic heterocycles. The Hall–Kier alpha value is -2.46. The fraction of sp³-hybridized carbons (Fsp3) is 0.526. The molecule has 2 heterocycles. The minimum absolute atomic E-state index is 0.0351. The molecule has 1 N–H and O–H groups in total. The van der Waals surface area contributed by atoms with Crippen molar-refractivity contribution >= 4 is 21.8 Å². The molecule has 1 aliphatic rings. The summed E-state index contributed by atoms with van der Waals surface area (Å²) < 4.78 is 38.9. The number of carbonyl (C=O) groups excluding carboxylic acids is 2. The van der Waals surface area contributed by atoms with Crippen molar-refractivity contribution in [3.63, 3.8) is 0 Å². The molecule has 0 unspecified atom stereocenters. The van der Waals surface area contributed by atoms with Gasteiger partial charge in [-0.05, 0) is 46.6 Å². The quantitative estimate of drug-likeness (QED) is 0.484. The predicted molar refractivity (Wildman–Crippen MR) is 103 cm³/mol. The van der Waals surface area contributed by atoms with Crippen molar-refractivity contribution in [2.45, 2.75) is 57.9 Å². The number of esters is 1. The standard InChI is InChI=1S/C19H25N3O6S/c1-11-9-16(13(3)22(11)15-5-6-15)17(23)10-27-18(24)7-8-20-29(25,26)19-12(2)21-28-14(19)4/h9,15,20H,5-8,10H2,1-4H3. The van der Waals surface area contributed by atoms with Crippen LogP contribution in [-0.4, -0.2) is 43.0 Å². The molecule has 1 saturated carbocycles. The van der Waals surface area contributed by atoms with Crippen LogP contribution in [0.3, 0.4) is 0 Å². The Bertz CT molecular complexity index is 1030. The second-order valence-electron chi connectivity index (χ2n) is 7.27. The minimum atomic E-state index is -3.84. The van der Waals surface area contributed by atoms with Crippen LogP contribution in [-0.2, 0) is 19.6 Å². The summed E-state index contributed by atoms with van der Waals surface area (Å²) in [7, 11) is -3.84. The smallest absolute Gasteiger partial charge is 0.307 e. The third kappa shape index (κ3) is 4.59. The molecule has 158 valence electrons. The molecule has 9 nitrogen and oxygen atoms in total. The molecule has 10 heteroatoms. The summed E-state index contributed by atoms with van der Waals surface area (Å²) in [6.07, 6.45) is 2.03. The maximum Gasteiger partial charge on any atom is 0.307 e. The number of hydrogen-bond acceptors (Lipinski definition) is 7. The molecule has 0 saturated heterocycles. The van der Waals surface area contributed by atoms with E-state index in [4.69, 9.17) is 9.26 Å². The molecule has 0 amide bonds. The first-order valence-corrected chi connectivity index (χ1v) is 10.9. The van der Waals surface area contributed by atoms with E-state index in [1.807, 2.05) is 19.9 Å². The number of nitrogens with one attached hydrogen (secondary N) is 1. The zero-order valence-corrected chi connectivity index (χ0v) is 17.8. The second-order valence-corrected chi connectivity index (χ2v) is 8.97. The van der Waals surface area contributed by atoms with E-state index in [1.165, 1.54) is 13.8 Å². The largest absolute Gasteiger partial charge is 0.457 e. The van der Waals surface area contributed by atoms with E-state index in [2.05, 4.69) is 14.4 Å². The Labute approximate surface area is 169 Å². The maximum atomic E-state index is 12.4. The van der Waals surface area contributed by atoms with Crippen molar-refractivity contribution < 1.29 is 27.3 Å². The van der Waals surface area contributed by atoms with Crippen LogP contribution in [0.25, 0.3) is 0 Å². The van der Waals surface area contributed by atoms with E-state index in [9.17, 15) is 18.0 Å². The molecule has 0 aromatic carbocycles. The molecule has 0 spiro atoms. The van der Waals surface area contributed by atoms with Crippen LogP contribution >= 0.6 is 0 Å². The summed E-state index contributed by atoms with van der Waals surface area (Å²) in [4.78, 5) is 24.3. The van der Waals surface area contributed by atoms with Gasteiger partial charge in [0.1, 0.15) is 10.6 Å². The van der Waals surface area contributed by atoms with Gasteiger partial charge in [0, 0.05) is 29.5 Å². The predicted octanol–water partition coefficient (Wildman–Crippen LogP) is 2.14. The lowest BCUT2D eigenvalue weighted by molar-refractivity contribution is -0.142. The van der Waals surface area contributed by atoms with Gasteiger partial charge in [0.2, 0.25) is 15.8 Å². The van der Waals surface area contributed by atoms with Crippen LogP contribution in [0.4, 0.5) is 0 Å². The number of carbonyl (C=O) groups is 2. The Kier molecular flexibility index (Phi) is 5.95. The highest BCUT2D eigenvalue weighted by Crippen LogP contribution is 2.38. The summed E-state index contributed by atoms with van der Waals surface area (Å²) in [6, 6.07) is 2.28. The average molecular weight is 423 g/mol. The average Bonchev–Trinajstić information content (AvgIpc) is 3.34. The summed E-state index contributed by atoms with van der Waals surface area (Å²) in [5, 5.41) is 3.61. The molecule has 0 atom stereocenters. The van der Waals surface area contributed by atoms with Crippen molar-refractivity contribution in [2.24, 2.45) is 0 Å². The number of aryl methyl sites for hydroxylation is 3. The lowest BCUT2D eigenvalue weighted by Crippen LogP contribution is -2.28. The van der Waals surface area contributed by atoms with Crippen LogP contribution < -0.4 is 4.72 Å². The fourth-order valence-electron chi connectivity index (χ4n) is 3.47. The van der Waals surface area contributed by atoms with E-state index in [-0.39, 0.29) is 41.7 Å². The van der Waals surface area contributed by atoms with Crippen LogP contribution in [0.15, 0.2) is 15.5 Å². The van der Waals surface area contributed by atoms with Crippen molar-refractivity contribution in [1.82, 2.24) is 14.4 Å². The summed E-state index contributed by atoms with van der Waals surface area (Å²) >= 11 is 0.